The van der Waals surface area contributed by atoms with Crippen molar-refractivity contribution in [1.29, 1.82) is 0 Å². The van der Waals surface area contributed by atoms with Gasteiger partial charge in [0.25, 0.3) is 5.91 Å². The van der Waals surface area contributed by atoms with Crippen molar-refractivity contribution in [2.45, 2.75) is 44.2 Å². The first-order valence-electron chi connectivity index (χ1n) is 16.0. The van der Waals surface area contributed by atoms with Gasteiger partial charge in [0.2, 0.25) is 0 Å². The van der Waals surface area contributed by atoms with E-state index in [0.29, 0.717) is 24.3 Å². The predicted molar refractivity (Wildman–Crippen MR) is 173 cm³/mol. The molecule has 3 aliphatic rings. The second kappa shape index (κ2) is 14.1. The average molecular weight is 581 g/mol. The topological polar surface area (TPSA) is 80.0 Å². The molecule has 0 spiro atoms. The van der Waals surface area contributed by atoms with Gasteiger partial charge in [-0.3, -0.25) is 9.69 Å². The minimum atomic E-state index is -0.188. The number of carbonyl (C=O) groups is 2. The highest BCUT2D eigenvalue weighted by atomic mass is 16.2. The first-order valence-corrected chi connectivity index (χ1v) is 16.0. The number of benzene rings is 3. The molecule has 3 N–H and O–H groups in total. The van der Waals surface area contributed by atoms with Crippen molar-refractivity contribution >= 4 is 23.3 Å². The molecule has 0 aromatic heterocycles. The summed E-state index contributed by atoms with van der Waals surface area (Å²) in [6.45, 7) is 6.38. The van der Waals surface area contributed by atoms with Crippen molar-refractivity contribution in [3.05, 3.63) is 95.6 Å². The number of anilines is 2. The lowest BCUT2D eigenvalue weighted by molar-refractivity contribution is 0.0736. The maximum absolute atomic E-state index is 13.4. The van der Waals surface area contributed by atoms with Gasteiger partial charge in [-0.25, -0.2) is 4.79 Å². The van der Waals surface area contributed by atoms with Crippen molar-refractivity contribution in [3.63, 3.8) is 0 Å². The minimum Gasteiger partial charge on any atom is -0.367 e. The summed E-state index contributed by atoms with van der Waals surface area (Å²) in [7, 11) is 0. The smallest absolute Gasteiger partial charge is 0.319 e. The fraction of sp³-hybridized carbons (Fsp3) is 0.429. The molecular weight excluding hydrogens is 536 g/mol. The molecule has 3 fully saturated rings. The Morgan fingerprint density at radius 1 is 0.744 bits per heavy atom. The van der Waals surface area contributed by atoms with E-state index in [2.05, 4.69) is 86.4 Å². The van der Waals surface area contributed by atoms with Crippen LogP contribution in [0.4, 0.5) is 16.2 Å². The molecule has 43 heavy (non-hydrogen) atoms. The molecule has 1 aliphatic carbocycles. The maximum Gasteiger partial charge on any atom is 0.319 e. The fourth-order valence-electron chi connectivity index (χ4n) is 6.79. The molecule has 2 aliphatic heterocycles. The van der Waals surface area contributed by atoms with Gasteiger partial charge in [-0.2, -0.15) is 0 Å². The van der Waals surface area contributed by atoms with Crippen molar-refractivity contribution in [3.8, 4) is 0 Å². The predicted octanol–water partition coefficient (Wildman–Crippen LogP) is 5.10. The number of urea groups is 1. The molecule has 6 rings (SSSR count). The average Bonchev–Trinajstić information content (AvgIpc) is 3.07. The minimum absolute atomic E-state index is 0.0159. The molecule has 0 unspecified atom stereocenters. The number of nitrogens with zero attached hydrogens (tertiary/aromatic N) is 3. The summed E-state index contributed by atoms with van der Waals surface area (Å²) in [6.07, 6.45) is 5.59. The third-order valence-electron chi connectivity index (χ3n) is 9.09. The summed E-state index contributed by atoms with van der Waals surface area (Å²) in [6, 6.07) is 27.5. The summed E-state index contributed by atoms with van der Waals surface area (Å²) in [5, 5.41) is 9.65. The van der Waals surface area contributed by atoms with Crippen LogP contribution in [0.3, 0.4) is 0 Å². The zero-order valence-corrected chi connectivity index (χ0v) is 25.0. The van der Waals surface area contributed by atoms with Crippen LogP contribution < -0.4 is 20.9 Å². The van der Waals surface area contributed by atoms with Crippen LogP contribution in [0.15, 0.2) is 78.9 Å². The van der Waals surface area contributed by atoms with Gasteiger partial charge >= 0.3 is 6.03 Å². The number of amides is 3. The highest BCUT2D eigenvalue weighted by molar-refractivity contribution is 5.99. The van der Waals surface area contributed by atoms with Gasteiger partial charge in [-0.1, -0.05) is 79.9 Å². The van der Waals surface area contributed by atoms with Crippen LogP contribution in [-0.2, 0) is 0 Å². The SMILES string of the molecule is O=C(Nc1cc(C(=O)N2CCNCC2)ccc1N1CCN(C(c2ccccc2)c2ccccc2)CC1)NC1CCCCC1. The highest BCUT2D eigenvalue weighted by Gasteiger charge is 2.28. The molecular formula is C35H44N6O2. The Morgan fingerprint density at radius 3 is 2.00 bits per heavy atom. The van der Waals surface area contributed by atoms with Gasteiger partial charge in [-0.15, -0.1) is 0 Å². The van der Waals surface area contributed by atoms with Crippen LogP contribution >= 0.6 is 0 Å². The first-order chi connectivity index (χ1) is 21.2. The van der Waals surface area contributed by atoms with Crippen LogP contribution in [0.2, 0.25) is 0 Å². The third kappa shape index (κ3) is 7.20. The number of piperazine rings is 2. The zero-order valence-electron chi connectivity index (χ0n) is 25.0. The molecule has 1 saturated carbocycles. The summed E-state index contributed by atoms with van der Waals surface area (Å²) >= 11 is 0. The van der Waals surface area contributed by atoms with E-state index >= 15 is 0 Å². The van der Waals surface area contributed by atoms with Crippen molar-refractivity contribution in [1.82, 2.24) is 20.4 Å². The number of hydrogen-bond acceptors (Lipinski definition) is 5. The zero-order chi connectivity index (χ0) is 29.4. The Hall–Kier alpha value is -3.88. The van der Waals surface area contributed by atoms with E-state index in [1.807, 2.05) is 23.1 Å². The van der Waals surface area contributed by atoms with Crippen LogP contribution in [0.1, 0.15) is 59.6 Å². The highest BCUT2D eigenvalue weighted by Crippen LogP contribution is 2.33. The van der Waals surface area contributed by atoms with E-state index in [4.69, 9.17) is 0 Å². The van der Waals surface area contributed by atoms with E-state index in [-0.39, 0.29) is 24.0 Å². The van der Waals surface area contributed by atoms with Crippen molar-refractivity contribution in [2.24, 2.45) is 0 Å². The molecule has 0 atom stereocenters. The molecule has 226 valence electrons. The Kier molecular flexibility index (Phi) is 9.55. The summed E-state index contributed by atoms with van der Waals surface area (Å²) in [5.41, 5.74) is 4.86. The number of rotatable bonds is 7. The van der Waals surface area contributed by atoms with Gasteiger partial charge in [0.15, 0.2) is 0 Å². The molecule has 8 nitrogen and oxygen atoms in total. The standard InChI is InChI=1S/C35H44N6O2/c42-34(41-20-18-36-19-21-41)29-16-17-32(31(26-29)38-35(43)37-30-14-8-3-9-15-30)39-22-24-40(25-23-39)33(27-10-4-1-5-11-27)28-12-6-2-7-13-28/h1-2,4-7,10-13,16-17,26,30,33,36H,3,8-9,14-15,18-25H2,(H2,37,38,43). The van der Waals surface area contributed by atoms with Gasteiger partial charge in [0.05, 0.1) is 17.4 Å². The van der Waals surface area contributed by atoms with Crippen LogP contribution in [-0.4, -0.2) is 80.1 Å². The largest absolute Gasteiger partial charge is 0.367 e. The number of carbonyl (C=O) groups excluding carboxylic acids is 2. The molecule has 3 aromatic carbocycles. The van der Waals surface area contributed by atoms with Gasteiger partial charge < -0.3 is 25.8 Å². The fourth-order valence-corrected chi connectivity index (χ4v) is 6.79. The van der Waals surface area contributed by atoms with E-state index in [9.17, 15) is 9.59 Å². The second-order valence-corrected chi connectivity index (χ2v) is 12.0. The first kappa shape index (κ1) is 29.2. The van der Waals surface area contributed by atoms with Crippen LogP contribution in [0, 0.1) is 0 Å². The molecule has 0 bridgehead atoms. The molecule has 3 amide bonds. The van der Waals surface area contributed by atoms with Crippen molar-refractivity contribution in [2.75, 3.05) is 62.6 Å². The lowest BCUT2D eigenvalue weighted by Gasteiger charge is -2.41. The van der Waals surface area contributed by atoms with Crippen molar-refractivity contribution < 1.29 is 9.59 Å². The lowest BCUT2D eigenvalue weighted by Crippen LogP contribution is -2.48. The maximum atomic E-state index is 13.4. The van der Waals surface area contributed by atoms with E-state index < -0.39 is 0 Å². The molecule has 2 saturated heterocycles. The Labute approximate surface area is 255 Å². The summed E-state index contributed by atoms with van der Waals surface area (Å²) in [5.74, 6) is 0.0159. The summed E-state index contributed by atoms with van der Waals surface area (Å²) in [4.78, 5) is 33.4. The van der Waals surface area contributed by atoms with Gasteiger partial charge in [0, 0.05) is 64.0 Å². The van der Waals surface area contributed by atoms with Crippen LogP contribution in [0.5, 0.6) is 0 Å². The second-order valence-electron chi connectivity index (χ2n) is 12.0. The monoisotopic (exact) mass is 580 g/mol. The quantitative estimate of drug-likeness (QED) is 0.363. The molecule has 3 aromatic rings. The molecule has 8 heteroatoms. The third-order valence-corrected chi connectivity index (χ3v) is 9.09. The van der Waals surface area contributed by atoms with Gasteiger partial charge in [-0.05, 0) is 42.2 Å². The Balaban J connectivity index is 1.21. The van der Waals surface area contributed by atoms with Crippen LogP contribution in [0.25, 0.3) is 0 Å². The Morgan fingerprint density at radius 2 is 1.37 bits per heavy atom. The Bertz CT molecular complexity index is 1310. The van der Waals surface area contributed by atoms with E-state index in [1.54, 1.807) is 0 Å². The van der Waals surface area contributed by atoms with E-state index in [0.717, 1.165) is 70.6 Å². The molecule has 0 radical (unpaired) electrons. The molecule has 2 heterocycles. The number of nitrogens with one attached hydrogen (secondary N) is 3. The van der Waals surface area contributed by atoms with Gasteiger partial charge in [0.1, 0.15) is 0 Å². The summed E-state index contributed by atoms with van der Waals surface area (Å²) < 4.78 is 0. The number of hydrogen-bond donors (Lipinski definition) is 3. The normalized spacial score (nSPS) is 18.4. The van der Waals surface area contributed by atoms with E-state index in [1.165, 1.54) is 17.5 Å². The lowest BCUT2D eigenvalue weighted by atomic mass is 9.96.